The molecular formula is C29H27FN8O2S. The SMILES string of the molecule is CN(C)Cc1cncc(-c2cnc3n[nH]c(-c4nc5nccc(-c6cc(F)cc(CCS(C)(=O)=O)c6)c5[nH]4)c3c2)c1. The summed E-state index contributed by atoms with van der Waals surface area (Å²) < 4.78 is 37.9. The third-order valence-electron chi connectivity index (χ3n) is 6.70. The van der Waals surface area contributed by atoms with Crippen molar-refractivity contribution in [3.8, 4) is 33.8 Å². The highest BCUT2D eigenvalue weighted by Gasteiger charge is 2.17. The molecule has 0 aliphatic rings. The molecule has 0 saturated heterocycles. The van der Waals surface area contributed by atoms with E-state index in [0.717, 1.165) is 28.6 Å². The molecule has 0 aliphatic heterocycles. The van der Waals surface area contributed by atoms with E-state index in [1.54, 1.807) is 24.5 Å². The van der Waals surface area contributed by atoms with Gasteiger partial charge in [0, 0.05) is 54.3 Å². The maximum Gasteiger partial charge on any atom is 0.181 e. The van der Waals surface area contributed by atoms with Crippen LogP contribution >= 0.6 is 0 Å². The van der Waals surface area contributed by atoms with Crippen molar-refractivity contribution in [2.45, 2.75) is 13.0 Å². The van der Waals surface area contributed by atoms with Gasteiger partial charge < -0.3 is 9.88 Å². The average Bonchev–Trinajstić information content (AvgIpc) is 3.54. The summed E-state index contributed by atoms with van der Waals surface area (Å²) in [5.41, 5.74) is 7.06. The summed E-state index contributed by atoms with van der Waals surface area (Å²) in [6, 6.07) is 10.4. The Bertz CT molecular complexity index is 2020. The third-order valence-corrected chi connectivity index (χ3v) is 7.64. The van der Waals surface area contributed by atoms with E-state index in [1.165, 1.54) is 18.4 Å². The lowest BCUT2D eigenvalue weighted by Crippen LogP contribution is -2.10. The van der Waals surface area contributed by atoms with Crippen molar-refractivity contribution >= 4 is 32.0 Å². The molecule has 6 rings (SSSR count). The maximum absolute atomic E-state index is 14.6. The van der Waals surface area contributed by atoms with Gasteiger partial charge in [0.05, 0.1) is 16.7 Å². The predicted molar refractivity (Wildman–Crippen MR) is 156 cm³/mol. The number of benzene rings is 1. The Balaban J connectivity index is 1.40. The molecule has 0 amide bonds. The lowest BCUT2D eigenvalue weighted by atomic mass is 10.0. The van der Waals surface area contributed by atoms with Crippen LogP contribution in [0, 0.1) is 5.82 Å². The topological polar surface area (TPSA) is 133 Å². The maximum atomic E-state index is 14.6. The number of imidazole rings is 1. The molecule has 12 heteroatoms. The van der Waals surface area contributed by atoms with Crippen LogP contribution in [0.2, 0.25) is 0 Å². The first-order valence-corrected chi connectivity index (χ1v) is 14.9. The quantitative estimate of drug-likeness (QED) is 0.275. The number of nitrogens with zero attached hydrogens (tertiary/aromatic N) is 6. The minimum atomic E-state index is -3.18. The van der Waals surface area contributed by atoms with Crippen LogP contribution in [0.5, 0.6) is 0 Å². The van der Waals surface area contributed by atoms with Gasteiger partial charge in [-0.15, -0.1) is 0 Å². The van der Waals surface area contributed by atoms with Gasteiger partial charge in [0.25, 0.3) is 0 Å². The largest absolute Gasteiger partial charge is 0.335 e. The van der Waals surface area contributed by atoms with Gasteiger partial charge in [0.1, 0.15) is 21.3 Å². The fraction of sp³-hybridized carbons (Fsp3) is 0.207. The molecular weight excluding hydrogens is 543 g/mol. The monoisotopic (exact) mass is 570 g/mol. The number of halogens is 1. The molecule has 0 spiro atoms. The molecule has 0 saturated carbocycles. The molecule has 5 aromatic heterocycles. The zero-order valence-electron chi connectivity index (χ0n) is 22.7. The Labute approximate surface area is 235 Å². The van der Waals surface area contributed by atoms with Crippen LogP contribution in [0.3, 0.4) is 0 Å². The molecule has 0 fully saturated rings. The van der Waals surface area contributed by atoms with Crippen LogP contribution in [0.15, 0.2) is 61.2 Å². The molecule has 0 unspecified atom stereocenters. The van der Waals surface area contributed by atoms with Crippen LogP contribution in [-0.4, -0.2) is 74.5 Å². The van der Waals surface area contributed by atoms with E-state index < -0.39 is 15.7 Å². The number of H-pyrrole nitrogens is 2. The molecule has 2 N–H and O–H groups in total. The van der Waals surface area contributed by atoms with Gasteiger partial charge in [-0.1, -0.05) is 6.07 Å². The average molecular weight is 571 g/mol. The minimum absolute atomic E-state index is 0.0607. The van der Waals surface area contributed by atoms with Crippen LogP contribution < -0.4 is 0 Å². The summed E-state index contributed by atoms with van der Waals surface area (Å²) in [5, 5.41) is 8.18. The number of hydrogen-bond acceptors (Lipinski definition) is 8. The number of fused-ring (bicyclic) bond motifs is 2. The first kappa shape index (κ1) is 26.7. The van der Waals surface area contributed by atoms with Crippen LogP contribution in [0.4, 0.5) is 4.39 Å². The fourth-order valence-corrected chi connectivity index (χ4v) is 5.47. The molecule has 0 radical (unpaired) electrons. The summed E-state index contributed by atoms with van der Waals surface area (Å²) in [6.45, 7) is 0.770. The smallest absolute Gasteiger partial charge is 0.181 e. The summed E-state index contributed by atoms with van der Waals surface area (Å²) in [6.07, 6.45) is 8.43. The number of aromatic amines is 2. The highest BCUT2D eigenvalue weighted by atomic mass is 32.2. The van der Waals surface area contributed by atoms with E-state index in [0.29, 0.717) is 45.0 Å². The third kappa shape index (κ3) is 5.70. The zero-order chi connectivity index (χ0) is 28.7. The van der Waals surface area contributed by atoms with E-state index >= 15 is 0 Å². The van der Waals surface area contributed by atoms with E-state index in [-0.39, 0.29) is 12.2 Å². The molecule has 5 heterocycles. The number of rotatable bonds is 8. The molecule has 0 aliphatic carbocycles. The van der Waals surface area contributed by atoms with Crippen LogP contribution in [-0.2, 0) is 22.8 Å². The molecule has 41 heavy (non-hydrogen) atoms. The standard InChI is InChI=1S/C29H27FN8O2S/c1-38(2)16-18-9-20(14-31-13-18)21-12-24-26(36-37-27(24)33-15-21)29-34-25-23(4-6-32-28(25)35-29)19-8-17(10-22(30)11-19)5-7-41(3,39)40/h4,6,8-15H,5,7,16H2,1-3H3,(H,32,34,35)(H,33,36,37). The lowest BCUT2D eigenvalue weighted by Gasteiger charge is -2.10. The normalized spacial score (nSPS) is 12.1. The van der Waals surface area contributed by atoms with Crippen LogP contribution in [0.25, 0.3) is 56.0 Å². The lowest BCUT2D eigenvalue weighted by molar-refractivity contribution is 0.402. The molecule has 10 nitrogen and oxygen atoms in total. The highest BCUT2D eigenvalue weighted by Crippen LogP contribution is 2.32. The Kier molecular flexibility index (Phi) is 6.80. The molecule has 0 bridgehead atoms. The van der Waals surface area contributed by atoms with Gasteiger partial charge in [-0.25, -0.2) is 27.8 Å². The number of aryl methyl sites for hydroxylation is 1. The zero-order valence-corrected chi connectivity index (χ0v) is 23.5. The van der Waals surface area contributed by atoms with E-state index in [1.807, 2.05) is 32.6 Å². The van der Waals surface area contributed by atoms with E-state index in [2.05, 4.69) is 41.1 Å². The van der Waals surface area contributed by atoms with Crippen molar-refractivity contribution < 1.29 is 12.8 Å². The second-order valence-corrected chi connectivity index (χ2v) is 12.6. The predicted octanol–water partition coefficient (Wildman–Crippen LogP) is 4.41. The Morgan fingerprint density at radius 3 is 2.54 bits per heavy atom. The number of hydrogen-bond donors (Lipinski definition) is 2. The summed E-state index contributed by atoms with van der Waals surface area (Å²) >= 11 is 0. The van der Waals surface area contributed by atoms with E-state index in [4.69, 9.17) is 4.98 Å². The summed E-state index contributed by atoms with van der Waals surface area (Å²) in [4.78, 5) is 23.5. The van der Waals surface area contributed by atoms with Crippen molar-refractivity contribution in [3.63, 3.8) is 0 Å². The number of sulfone groups is 1. The first-order valence-electron chi connectivity index (χ1n) is 12.9. The second kappa shape index (κ2) is 10.5. The van der Waals surface area contributed by atoms with Gasteiger partial charge in [0.15, 0.2) is 17.1 Å². The molecule has 6 aromatic rings. The van der Waals surface area contributed by atoms with Gasteiger partial charge in [-0.2, -0.15) is 5.10 Å². The Morgan fingerprint density at radius 1 is 0.927 bits per heavy atom. The summed E-state index contributed by atoms with van der Waals surface area (Å²) in [5.74, 6) is 0.00186. The fourth-order valence-electron chi connectivity index (χ4n) is 4.86. The van der Waals surface area contributed by atoms with E-state index in [9.17, 15) is 12.8 Å². The van der Waals surface area contributed by atoms with Gasteiger partial charge >= 0.3 is 0 Å². The number of pyridine rings is 3. The second-order valence-electron chi connectivity index (χ2n) is 10.4. The number of aromatic nitrogens is 7. The summed E-state index contributed by atoms with van der Waals surface area (Å²) in [7, 11) is 0.840. The molecule has 208 valence electrons. The molecule has 0 atom stereocenters. The van der Waals surface area contributed by atoms with Crippen molar-refractivity contribution in [3.05, 3.63) is 78.1 Å². The van der Waals surface area contributed by atoms with Crippen LogP contribution in [0.1, 0.15) is 11.1 Å². The highest BCUT2D eigenvalue weighted by molar-refractivity contribution is 7.90. The van der Waals surface area contributed by atoms with Gasteiger partial charge in [-0.3, -0.25) is 10.1 Å². The van der Waals surface area contributed by atoms with Gasteiger partial charge in [-0.05, 0) is 67.5 Å². The van der Waals surface area contributed by atoms with Crippen molar-refractivity contribution in [2.75, 3.05) is 26.1 Å². The minimum Gasteiger partial charge on any atom is -0.335 e. The van der Waals surface area contributed by atoms with Crippen molar-refractivity contribution in [1.82, 2.24) is 40.0 Å². The molecule has 1 aromatic carbocycles. The number of nitrogens with one attached hydrogen (secondary N) is 2. The van der Waals surface area contributed by atoms with Gasteiger partial charge in [0.2, 0.25) is 0 Å². The van der Waals surface area contributed by atoms with Crippen molar-refractivity contribution in [1.29, 1.82) is 0 Å². The Morgan fingerprint density at radius 2 is 1.73 bits per heavy atom. The Hall–Kier alpha value is -4.55. The first-order chi connectivity index (χ1) is 19.6. The van der Waals surface area contributed by atoms with Crippen molar-refractivity contribution in [2.24, 2.45) is 0 Å².